The van der Waals surface area contributed by atoms with Crippen LogP contribution < -0.4 is 56.3 Å². The first-order chi connectivity index (χ1) is 1.73. The molecule has 0 rings (SSSR count). The molecule has 0 bridgehead atoms. The summed E-state index contributed by atoms with van der Waals surface area (Å²) in [6, 6.07) is 0. The average molecular weight is 152 g/mol. The van der Waals surface area contributed by atoms with Gasteiger partial charge in [-0.05, 0) is 4.57 Å². The Balaban J connectivity index is -0.0000000450. The van der Waals surface area contributed by atoms with Gasteiger partial charge in [-0.2, -0.15) is 4.89 Å². The van der Waals surface area contributed by atoms with Gasteiger partial charge in [-0.1, -0.05) is 0 Å². The van der Waals surface area contributed by atoms with Crippen molar-refractivity contribution in [2.45, 2.75) is 0 Å². The van der Waals surface area contributed by atoms with Gasteiger partial charge in [-0.3, -0.25) is 0 Å². The summed E-state index contributed by atoms with van der Waals surface area (Å²) in [5.41, 5.74) is 0. The zero-order valence-electron chi connectivity index (χ0n) is 3.29. The van der Waals surface area contributed by atoms with Gasteiger partial charge < -0.3 is 14.8 Å². The van der Waals surface area contributed by atoms with Crippen molar-refractivity contribution < 1.29 is 65.7 Å². The van der Waals surface area contributed by atoms with Crippen LogP contribution >= 0.6 is 18.2 Å². The predicted molar refractivity (Wildman–Crippen MR) is 19.5 cm³/mol. The summed E-state index contributed by atoms with van der Waals surface area (Å²) in [6.45, 7) is 0. The zero-order chi connectivity index (χ0) is 3.58. The molecule has 0 amide bonds. The van der Waals surface area contributed by atoms with Gasteiger partial charge in [0.05, 0.1) is 0 Å². The summed E-state index contributed by atoms with van der Waals surface area (Å²) >= 11 is 0. The Morgan fingerprint density at radius 3 is 1.67 bits per heavy atom. The molecule has 1 unspecified atom stereocenters. The van der Waals surface area contributed by atoms with Gasteiger partial charge in [0.1, 0.15) is 0 Å². The van der Waals surface area contributed by atoms with Crippen LogP contribution in [0.4, 0.5) is 0 Å². The molecule has 0 spiro atoms. The Kier molecular flexibility index (Phi) is 26.5. The zero-order valence-corrected chi connectivity index (χ0v) is 8.46. The molecule has 0 aromatic heterocycles. The van der Waals surface area contributed by atoms with E-state index in [4.69, 9.17) is 14.4 Å². The molecule has 1 atom stereocenters. The fraction of sp³-hybridized carbons (Fsp3) is 0. The second-order valence-corrected chi connectivity index (χ2v) is 0.714. The summed E-state index contributed by atoms with van der Waals surface area (Å²) < 4.78 is 8.59. The summed E-state index contributed by atoms with van der Waals surface area (Å²) in [5.74, 6) is 0. The molecule has 0 saturated heterocycles. The van der Waals surface area contributed by atoms with E-state index in [1.165, 1.54) is 0 Å². The van der Waals surface area contributed by atoms with Gasteiger partial charge in [0.25, 0.3) is 0 Å². The Morgan fingerprint density at radius 1 is 1.67 bits per heavy atom. The fourth-order valence-corrected chi connectivity index (χ4v) is 0. The molecule has 6 heteroatoms. The van der Waals surface area contributed by atoms with Crippen molar-refractivity contribution in [3.63, 3.8) is 0 Å². The second kappa shape index (κ2) is 10.1. The quantitative estimate of drug-likeness (QED) is 0.287. The summed E-state index contributed by atoms with van der Waals surface area (Å²) in [5, 5.41) is 0. The van der Waals surface area contributed by atoms with Gasteiger partial charge in [-0.15, -0.1) is 0 Å². The molecule has 1 N–H and O–H groups in total. The third-order valence-electron chi connectivity index (χ3n) is 0. The van der Waals surface area contributed by atoms with Gasteiger partial charge >= 0.3 is 59.6 Å². The van der Waals surface area contributed by atoms with Gasteiger partial charge in [0.15, 0.2) is 0 Å². The minimum Gasteiger partial charge on any atom is -0.577 e. The van der Waals surface area contributed by atoms with E-state index in [2.05, 4.69) is 0 Å². The number of rotatable bonds is 0. The van der Waals surface area contributed by atoms with Crippen molar-refractivity contribution >= 4 is 18.2 Å². The molecule has 0 aliphatic rings. The Morgan fingerprint density at radius 2 is 1.67 bits per heavy atom. The van der Waals surface area contributed by atoms with Crippen LogP contribution in [0, 0.1) is 0 Å². The van der Waals surface area contributed by atoms with Crippen molar-refractivity contribution in [2.24, 2.45) is 0 Å². The van der Waals surface area contributed by atoms with Crippen LogP contribution in [0.5, 0.6) is 0 Å². The van der Waals surface area contributed by atoms with E-state index in [1.807, 2.05) is 0 Å². The molecule has 3 nitrogen and oxygen atoms in total. The maximum absolute atomic E-state index is 8.59. The van der Waals surface area contributed by atoms with Gasteiger partial charge in [-0.25, -0.2) is 0 Å². The fourth-order valence-electron chi connectivity index (χ4n) is 0. The molecular formula is H3KO3P2. The first-order valence-electron chi connectivity index (χ1n) is 0.565. The Labute approximate surface area is 82.5 Å². The normalized spacial score (nSPS) is 7.33. The maximum Gasteiger partial charge on any atom is 1.00 e. The molecular weight excluding hydrogens is 149 g/mol. The van der Waals surface area contributed by atoms with Crippen molar-refractivity contribution in [1.82, 2.24) is 0 Å². The standard InChI is InChI=1S/K.HO3P.H2P/c;1-4(2)3;/h;(H,1,2,3);1H2/q+1;;-1. The van der Waals surface area contributed by atoms with Crippen molar-refractivity contribution in [1.29, 1.82) is 0 Å². The average Bonchev–Trinajstić information content (AvgIpc) is 0.811. The summed E-state index contributed by atoms with van der Waals surface area (Å²) in [4.78, 5) is 15.6. The summed E-state index contributed by atoms with van der Waals surface area (Å²) in [7, 11) is -3.12. The molecule has 0 saturated carbocycles. The van der Waals surface area contributed by atoms with Crippen LogP contribution in [0.25, 0.3) is 0 Å². The van der Waals surface area contributed by atoms with Crippen LogP contribution in [-0.4, -0.2) is 4.89 Å². The smallest absolute Gasteiger partial charge is 0.577 e. The van der Waals surface area contributed by atoms with Crippen LogP contribution in [-0.2, 0) is 4.57 Å². The largest absolute Gasteiger partial charge is 1.00 e. The molecule has 0 fully saturated rings. The van der Waals surface area contributed by atoms with Crippen molar-refractivity contribution in [3.05, 3.63) is 0 Å². The minimum atomic E-state index is -3.12. The molecule has 0 aliphatic carbocycles. The first-order valence-corrected chi connectivity index (χ1v) is 1.70. The monoisotopic (exact) mass is 152 g/mol. The van der Waals surface area contributed by atoms with E-state index in [9.17, 15) is 0 Å². The van der Waals surface area contributed by atoms with E-state index >= 15 is 0 Å². The van der Waals surface area contributed by atoms with Crippen LogP contribution in [0.2, 0.25) is 0 Å². The predicted octanol–water partition coefficient (Wildman–Crippen LogP) is -3.67. The SMILES string of the molecule is O=[P+]([O-])O.[K+].[PH2-]. The number of hydrogen-bond acceptors (Lipinski definition) is 2. The van der Waals surface area contributed by atoms with Crippen LogP contribution in [0.1, 0.15) is 0 Å². The molecule has 6 heavy (non-hydrogen) atoms. The van der Waals surface area contributed by atoms with Crippen molar-refractivity contribution in [2.75, 3.05) is 0 Å². The second-order valence-electron chi connectivity index (χ2n) is 0.238. The first kappa shape index (κ1) is 15.7. The Hall–Kier alpha value is 2.09. The maximum atomic E-state index is 8.59. The molecule has 0 aromatic carbocycles. The molecule has 0 aromatic rings. The van der Waals surface area contributed by atoms with Gasteiger partial charge in [0, 0.05) is 0 Å². The molecule has 0 heterocycles. The molecule has 32 valence electrons. The van der Waals surface area contributed by atoms with Gasteiger partial charge in [0.2, 0.25) is 0 Å². The molecule has 0 radical (unpaired) electrons. The van der Waals surface area contributed by atoms with Crippen LogP contribution in [0.3, 0.4) is 0 Å². The van der Waals surface area contributed by atoms with E-state index < -0.39 is 8.25 Å². The van der Waals surface area contributed by atoms with E-state index in [1.54, 1.807) is 0 Å². The molecule has 0 aliphatic heterocycles. The number of hydrogen-bond donors (Lipinski definition) is 1. The van der Waals surface area contributed by atoms with E-state index in [-0.39, 0.29) is 61.3 Å². The Bertz CT molecular complexity index is 31.8. The van der Waals surface area contributed by atoms with Crippen LogP contribution in [0.15, 0.2) is 0 Å². The van der Waals surface area contributed by atoms with E-state index in [0.29, 0.717) is 0 Å². The minimum absolute atomic E-state index is 0. The topological polar surface area (TPSA) is 60.4 Å². The third kappa shape index (κ3) is 36.2. The summed E-state index contributed by atoms with van der Waals surface area (Å²) in [6.07, 6.45) is 0. The van der Waals surface area contributed by atoms with E-state index in [0.717, 1.165) is 0 Å². The van der Waals surface area contributed by atoms with Crippen molar-refractivity contribution in [3.8, 4) is 0 Å². The third-order valence-corrected chi connectivity index (χ3v) is 0.